The third-order valence-corrected chi connectivity index (χ3v) is 5.21. The van der Waals surface area contributed by atoms with Crippen LogP contribution in [0.15, 0.2) is 46.3 Å². The van der Waals surface area contributed by atoms with Crippen LogP contribution in [0.1, 0.15) is 42.2 Å². The summed E-state index contributed by atoms with van der Waals surface area (Å²) in [6.07, 6.45) is 10.3. The standard InChI is InChI=1S/C21H31N5O.HI/c1-17-15-23-10-8-18(17)9-11-24-21(22-2)25-16-19(20-7-6-14-27-20)26-12-4-3-5-13-26;/h6-8,10,14-15,19H,3-5,9,11-13,16H2,1-2H3,(H2,22,24,25);1H. The number of furan rings is 1. The van der Waals surface area contributed by atoms with Gasteiger partial charge in [-0.3, -0.25) is 14.9 Å². The van der Waals surface area contributed by atoms with Gasteiger partial charge in [0.25, 0.3) is 0 Å². The maximum Gasteiger partial charge on any atom is 0.191 e. The number of likely N-dealkylation sites (tertiary alicyclic amines) is 1. The Morgan fingerprint density at radius 1 is 1.25 bits per heavy atom. The van der Waals surface area contributed by atoms with Crippen LogP contribution in [-0.2, 0) is 6.42 Å². The summed E-state index contributed by atoms with van der Waals surface area (Å²) in [6, 6.07) is 6.36. The third-order valence-electron chi connectivity index (χ3n) is 5.21. The van der Waals surface area contributed by atoms with Crippen molar-refractivity contribution in [1.29, 1.82) is 0 Å². The van der Waals surface area contributed by atoms with E-state index in [4.69, 9.17) is 4.42 Å². The number of rotatable bonds is 7. The predicted octanol–water partition coefficient (Wildman–Crippen LogP) is 3.54. The maximum atomic E-state index is 5.72. The molecule has 7 heteroatoms. The van der Waals surface area contributed by atoms with Crippen LogP contribution in [0.2, 0.25) is 0 Å². The van der Waals surface area contributed by atoms with E-state index in [1.54, 1.807) is 6.26 Å². The van der Waals surface area contributed by atoms with Gasteiger partial charge in [0.1, 0.15) is 5.76 Å². The van der Waals surface area contributed by atoms with Crippen LogP contribution in [0.3, 0.4) is 0 Å². The molecule has 0 radical (unpaired) electrons. The summed E-state index contributed by atoms with van der Waals surface area (Å²) in [5, 5.41) is 6.90. The largest absolute Gasteiger partial charge is 0.468 e. The number of aryl methyl sites for hydroxylation is 1. The second kappa shape index (κ2) is 12.1. The van der Waals surface area contributed by atoms with Gasteiger partial charge in [0.2, 0.25) is 0 Å². The smallest absolute Gasteiger partial charge is 0.191 e. The molecule has 2 N–H and O–H groups in total. The van der Waals surface area contributed by atoms with E-state index in [1.807, 2.05) is 25.5 Å². The molecule has 1 aliphatic rings. The Bertz CT molecular complexity index is 713. The van der Waals surface area contributed by atoms with Gasteiger partial charge < -0.3 is 15.1 Å². The highest BCUT2D eigenvalue weighted by Crippen LogP contribution is 2.24. The Hall–Kier alpha value is -1.61. The first-order valence-corrected chi connectivity index (χ1v) is 9.89. The van der Waals surface area contributed by atoms with Crippen LogP contribution in [0.4, 0.5) is 0 Å². The molecule has 0 amide bonds. The van der Waals surface area contributed by atoms with Crippen molar-refractivity contribution in [2.75, 3.05) is 33.2 Å². The van der Waals surface area contributed by atoms with Crippen LogP contribution in [0.5, 0.6) is 0 Å². The highest BCUT2D eigenvalue weighted by Gasteiger charge is 2.24. The fourth-order valence-corrected chi connectivity index (χ4v) is 3.63. The van der Waals surface area contributed by atoms with Crippen LogP contribution in [0, 0.1) is 6.92 Å². The molecular formula is C21H32IN5O. The number of piperidine rings is 1. The second-order valence-electron chi connectivity index (χ2n) is 7.06. The number of guanidine groups is 1. The van der Waals surface area contributed by atoms with Crippen molar-refractivity contribution in [3.63, 3.8) is 0 Å². The lowest BCUT2D eigenvalue weighted by molar-refractivity contribution is 0.146. The van der Waals surface area contributed by atoms with Crippen molar-refractivity contribution < 1.29 is 4.42 Å². The van der Waals surface area contributed by atoms with E-state index in [1.165, 1.54) is 30.4 Å². The molecule has 1 saturated heterocycles. The number of aliphatic imine (C=N–C) groups is 1. The van der Waals surface area contributed by atoms with E-state index in [0.29, 0.717) is 0 Å². The summed E-state index contributed by atoms with van der Waals surface area (Å²) in [6.45, 7) is 5.96. The van der Waals surface area contributed by atoms with Gasteiger partial charge in [0.05, 0.1) is 12.3 Å². The Morgan fingerprint density at radius 2 is 2.07 bits per heavy atom. The zero-order valence-electron chi connectivity index (χ0n) is 16.9. The number of aromatic nitrogens is 1. The molecule has 0 bridgehead atoms. The molecule has 1 unspecified atom stereocenters. The molecule has 1 aliphatic heterocycles. The summed E-state index contributed by atoms with van der Waals surface area (Å²) < 4.78 is 5.72. The number of halogens is 1. The Kier molecular flexibility index (Phi) is 9.77. The maximum absolute atomic E-state index is 5.72. The summed E-state index contributed by atoms with van der Waals surface area (Å²) >= 11 is 0. The molecule has 6 nitrogen and oxygen atoms in total. The Balaban J connectivity index is 0.00000280. The first-order valence-electron chi connectivity index (χ1n) is 9.89. The number of nitrogens with zero attached hydrogens (tertiary/aromatic N) is 3. The van der Waals surface area contributed by atoms with Crippen molar-refractivity contribution >= 4 is 29.9 Å². The molecule has 0 spiro atoms. The van der Waals surface area contributed by atoms with E-state index in [-0.39, 0.29) is 30.0 Å². The van der Waals surface area contributed by atoms with Gasteiger partial charge in [-0.15, -0.1) is 24.0 Å². The molecule has 0 aliphatic carbocycles. The first kappa shape index (κ1) is 22.7. The minimum atomic E-state index is 0. The van der Waals surface area contributed by atoms with E-state index in [2.05, 4.69) is 44.6 Å². The number of hydrogen-bond donors (Lipinski definition) is 2. The lowest BCUT2D eigenvalue weighted by Crippen LogP contribution is -2.44. The quantitative estimate of drug-likeness (QED) is 0.348. The van der Waals surface area contributed by atoms with Gasteiger partial charge >= 0.3 is 0 Å². The molecule has 3 rings (SSSR count). The monoisotopic (exact) mass is 497 g/mol. The molecule has 0 aromatic carbocycles. The van der Waals surface area contributed by atoms with E-state index in [9.17, 15) is 0 Å². The number of pyridine rings is 1. The molecule has 0 saturated carbocycles. The van der Waals surface area contributed by atoms with E-state index in [0.717, 1.165) is 44.3 Å². The highest BCUT2D eigenvalue weighted by atomic mass is 127. The van der Waals surface area contributed by atoms with Gasteiger partial charge in [0.15, 0.2) is 5.96 Å². The van der Waals surface area contributed by atoms with Crippen molar-refractivity contribution in [2.45, 2.75) is 38.6 Å². The molecular weight excluding hydrogens is 465 g/mol. The fraction of sp³-hybridized carbons (Fsp3) is 0.524. The molecule has 2 aromatic rings. The van der Waals surface area contributed by atoms with Gasteiger partial charge in [0, 0.05) is 32.5 Å². The average Bonchev–Trinajstić information content (AvgIpc) is 3.23. The molecule has 1 fully saturated rings. The summed E-state index contributed by atoms with van der Waals surface area (Å²) in [4.78, 5) is 11.0. The van der Waals surface area contributed by atoms with Crippen molar-refractivity contribution in [3.05, 3.63) is 53.7 Å². The first-order chi connectivity index (χ1) is 13.3. The predicted molar refractivity (Wildman–Crippen MR) is 124 cm³/mol. The zero-order valence-corrected chi connectivity index (χ0v) is 19.2. The molecule has 154 valence electrons. The van der Waals surface area contributed by atoms with Crippen molar-refractivity contribution in [1.82, 2.24) is 20.5 Å². The molecule has 1 atom stereocenters. The van der Waals surface area contributed by atoms with Crippen molar-refractivity contribution in [3.8, 4) is 0 Å². The van der Waals surface area contributed by atoms with Crippen LogP contribution in [-0.4, -0.2) is 49.1 Å². The minimum absolute atomic E-state index is 0. The fourth-order valence-electron chi connectivity index (χ4n) is 3.63. The Labute approximate surface area is 185 Å². The van der Waals surface area contributed by atoms with Crippen LogP contribution >= 0.6 is 24.0 Å². The topological polar surface area (TPSA) is 65.7 Å². The van der Waals surface area contributed by atoms with E-state index < -0.39 is 0 Å². The van der Waals surface area contributed by atoms with Gasteiger partial charge in [-0.2, -0.15) is 0 Å². The average molecular weight is 497 g/mol. The third kappa shape index (κ3) is 6.48. The number of nitrogens with one attached hydrogen (secondary N) is 2. The lowest BCUT2D eigenvalue weighted by Gasteiger charge is -2.33. The summed E-state index contributed by atoms with van der Waals surface area (Å²) in [5.74, 6) is 1.85. The normalized spacial score (nSPS) is 16.3. The summed E-state index contributed by atoms with van der Waals surface area (Å²) in [5.41, 5.74) is 2.54. The number of hydrogen-bond acceptors (Lipinski definition) is 4. The molecule has 28 heavy (non-hydrogen) atoms. The summed E-state index contributed by atoms with van der Waals surface area (Å²) in [7, 11) is 1.82. The second-order valence-corrected chi connectivity index (χ2v) is 7.06. The molecule has 3 heterocycles. The lowest BCUT2D eigenvalue weighted by atomic mass is 10.1. The van der Waals surface area contributed by atoms with Crippen LogP contribution in [0.25, 0.3) is 0 Å². The van der Waals surface area contributed by atoms with Crippen LogP contribution < -0.4 is 10.6 Å². The highest BCUT2D eigenvalue weighted by molar-refractivity contribution is 14.0. The van der Waals surface area contributed by atoms with Gasteiger partial charge in [-0.1, -0.05) is 6.42 Å². The zero-order chi connectivity index (χ0) is 18.9. The van der Waals surface area contributed by atoms with E-state index >= 15 is 0 Å². The SMILES string of the molecule is CN=C(NCCc1ccncc1C)NCC(c1ccco1)N1CCCCC1.I. The van der Waals surface area contributed by atoms with Gasteiger partial charge in [-0.05, 0) is 68.6 Å². The van der Waals surface area contributed by atoms with Crippen molar-refractivity contribution in [2.24, 2.45) is 4.99 Å². The molecule has 2 aromatic heterocycles. The minimum Gasteiger partial charge on any atom is -0.468 e. The van der Waals surface area contributed by atoms with Gasteiger partial charge in [-0.25, -0.2) is 0 Å². The Morgan fingerprint density at radius 3 is 2.75 bits per heavy atom.